The molecular formula is C17H21N3O4. The third kappa shape index (κ3) is 3.73. The third-order valence-electron chi connectivity index (χ3n) is 3.75. The second kappa shape index (κ2) is 7.00. The fraction of sp³-hybridized carbons (Fsp3) is 0.471. The number of carbonyl (C=O) groups excluding carboxylic acids is 1. The standard InChI is InChI=1S/C17H21N3O4/c1-11-8-20(9-12(2)23-11)17(21)14-6-4-5-7-15(14)22-10-16-18-13(3)24-19-16/h4-7,11-12H,8-10H2,1-3H3/t11-,12-/m0/s1. The van der Waals surface area contributed by atoms with Crippen molar-refractivity contribution < 1.29 is 18.8 Å². The van der Waals surface area contributed by atoms with Crippen LogP contribution in [0.4, 0.5) is 0 Å². The highest BCUT2D eigenvalue weighted by Crippen LogP contribution is 2.23. The molecule has 0 saturated carbocycles. The van der Waals surface area contributed by atoms with E-state index in [1.807, 2.05) is 26.0 Å². The second-order valence-electron chi connectivity index (χ2n) is 5.98. The van der Waals surface area contributed by atoms with Gasteiger partial charge in [-0.3, -0.25) is 4.79 Å². The molecule has 2 aromatic rings. The van der Waals surface area contributed by atoms with Gasteiger partial charge in [0.25, 0.3) is 5.91 Å². The molecule has 2 heterocycles. The number of rotatable bonds is 4. The zero-order valence-corrected chi connectivity index (χ0v) is 14.1. The van der Waals surface area contributed by atoms with Crippen LogP contribution < -0.4 is 4.74 Å². The van der Waals surface area contributed by atoms with Gasteiger partial charge in [-0.1, -0.05) is 17.3 Å². The SMILES string of the molecule is Cc1nc(COc2ccccc2C(=O)N2C[C@H](C)O[C@@H](C)C2)no1. The first-order valence-corrected chi connectivity index (χ1v) is 7.98. The second-order valence-corrected chi connectivity index (χ2v) is 5.98. The number of hydrogen-bond acceptors (Lipinski definition) is 6. The number of benzene rings is 1. The predicted octanol–water partition coefficient (Wildman–Crippen LogP) is 2.21. The first-order valence-electron chi connectivity index (χ1n) is 7.98. The van der Waals surface area contributed by atoms with Crippen LogP contribution in [-0.4, -0.2) is 46.2 Å². The van der Waals surface area contributed by atoms with E-state index >= 15 is 0 Å². The van der Waals surface area contributed by atoms with E-state index in [1.54, 1.807) is 24.0 Å². The minimum absolute atomic E-state index is 0.0214. The van der Waals surface area contributed by atoms with Gasteiger partial charge in [0, 0.05) is 20.0 Å². The molecule has 0 spiro atoms. The topological polar surface area (TPSA) is 77.7 Å². The van der Waals surface area contributed by atoms with E-state index in [0.29, 0.717) is 36.1 Å². The fourth-order valence-electron chi connectivity index (χ4n) is 2.83. The average molecular weight is 331 g/mol. The summed E-state index contributed by atoms with van der Waals surface area (Å²) in [7, 11) is 0. The van der Waals surface area contributed by atoms with Crippen molar-refractivity contribution in [1.29, 1.82) is 0 Å². The molecule has 0 N–H and O–H groups in total. The number of ether oxygens (including phenoxy) is 2. The summed E-state index contributed by atoms with van der Waals surface area (Å²) in [5, 5.41) is 3.79. The summed E-state index contributed by atoms with van der Waals surface area (Å²) in [6, 6.07) is 7.20. The molecule has 1 aliphatic heterocycles. The van der Waals surface area contributed by atoms with E-state index in [4.69, 9.17) is 14.0 Å². The Morgan fingerprint density at radius 2 is 2.00 bits per heavy atom. The highest BCUT2D eigenvalue weighted by Gasteiger charge is 2.28. The van der Waals surface area contributed by atoms with Crippen LogP contribution in [0.2, 0.25) is 0 Å². The molecule has 128 valence electrons. The summed E-state index contributed by atoms with van der Waals surface area (Å²) >= 11 is 0. The molecule has 1 amide bonds. The van der Waals surface area contributed by atoms with Gasteiger partial charge in [-0.25, -0.2) is 0 Å². The lowest BCUT2D eigenvalue weighted by atomic mass is 10.1. The van der Waals surface area contributed by atoms with Crippen LogP contribution >= 0.6 is 0 Å². The lowest BCUT2D eigenvalue weighted by Gasteiger charge is -2.35. The highest BCUT2D eigenvalue weighted by molar-refractivity contribution is 5.97. The Balaban J connectivity index is 1.74. The molecule has 7 heteroatoms. The van der Waals surface area contributed by atoms with Crippen LogP contribution in [0.1, 0.15) is 35.9 Å². The van der Waals surface area contributed by atoms with Gasteiger partial charge in [-0.2, -0.15) is 4.98 Å². The molecule has 0 aliphatic carbocycles. The molecule has 0 unspecified atom stereocenters. The summed E-state index contributed by atoms with van der Waals surface area (Å²) < 4.78 is 16.3. The molecule has 0 bridgehead atoms. The van der Waals surface area contributed by atoms with Crippen LogP contribution in [-0.2, 0) is 11.3 Å². The molecule has 2 atom stereocenters. The Labute approximate surface area is 140 Å². The van der Waals surface area contributed by atoms with Crippen LogP contribution in [0.5, 0.6) is 5.75 Å². The zero-order valence-electron chi connectivity index (χ0n) is 14.1. The van der Waals surface area contributed by atoms with Crippen molar-refractivity contribution in [2.75, 3.05) is 13.1 Å². The summed E-state index contributed by atoms with van der Waals surface area (Å²) in [5.41, 5.74) is 0.527. The number of hydrogen-bond donors (Lipinski definition) is 0. The fourth-order valence-corrected chi connectivity index (χ4v) is 2.83. The quantitative estimate of drug-likeness (QED) is 0.855. The minimum Gasteiger partial charge on any atom is -0.485 e. The number of aromatic nitrogens is 2. The Hall–Kier alpha value is -2.41. The highest BCUT2D eigenvalue weighted by atomic mass is 16.5. The molecular weight excluding hydrogens is 310 g/mol. The maximum atomic E-state index is 12.9. The third-order valence-corrected chi connectivity index (χ3v) is 3.75. The number of morpholine rings is 1. The summed E-state index contributed by atoms with van der Waals surface area (Å²) in [4.78, 5) is 18.8. The molecule has 3 rings (SSSR count). The monoisotopic (exact) mass is 331 g/mol. The van der Waals surface area contributed by atoms with Crippen molar-refractivity contribution in [1.82, 2.24) is 15.0 Å². The lowest BCUT2D eigenvalue weighted by Crippen LogP contribution is -2.48. The molecule has 7 nitrogen and oxygen atoms in total. The first-order chi connectivity index (χ1) is 11.5. The molecule has 1 saturated heterocycles. The largest absolute Gasteiger partial charge is 0.485 e. The minimum atomic E-state index is -0.0584. The summed E-state index contributed by atoms with van der Waals surface area (Å²) in [6.07, 6.45) is 0.0428. The lowest BCUT2D eigenvalue weighted by molar-refractivity contribution is -0.0586. The molecule has 1 aromatic carbocycles. The van der Waals surface area contributed by atoms with E-state index in [1.165, 1.54) is 0 Å². The van der Waals surface area contributed by atoms with Crippen molar-refractivity contribution >= 4 is 5.91 Å². The van der Waals surface area contributed by atoms with Crippen molar-refractivity contribution in [2.24, 2.45) is 0 Å². The summed E-state index contributed by atoms with van der Waals surface area (Å²) in [6.45, 7) is 6.95. The number of nitrogens with zero attached hydrogens (tertiary/aromatic N) is 3. The first kappa shape index (κ1) is 16.4. The Kier molecular flexibility index (Phi) is 4.80. The number of aryl methyl sites for hydroxylation is 1. The Morgan fingerprint density at radius 1 is 1.29 bits per heavy atom. The zero-order chi connectivity index (χ0) is 17.1. The summed E-state index contributed by atoms with van der Waals surface area (Å²) in [5.74, 6) is 1.38. The molecule has 1 aromatic heterocycles. The predicted molar refractivity (Wildman–Crippen MR) is 85.7 cm³/mol. The molecule has 1 fully saturated rings. The van der Waals surface area contributed by atoms with Gasteiger partial charge in [-0.15, -0.1) is 0 Å². The van der Waals surface area contributed by atoms with Crippen LogP contribution in [0.25, 0.3) is 0 Å². The Morgan fingerprint density at radius 3 is 2.67 bits per heavy atom. The van der Waals surface area contributed by atoms with E-state index in [2.05, 4.69) is 10.1 Å². The number of amides is 1. The van der Waals surface area contributed by atoms with Gasteiger partial charge < -0.3 is 18.9 Å². The molecule has 0 radical (unpaired) electrons. The van der Waals surface area contributed by atoms with Crippen molar-refractivity contribution in [3.63, 3.8) is 0 Å². The van der Waals surface area contributed by atoms with Gasteiger partial charge in [0.05, 0.1) is 17.8 Å². The molecule has 1 aliphatic rings. The van der Waals surface area contributed by atoms with Gasteiger partial charge >= 0.3 is 0 Å². The van der Waals surface area contributed by atoms with E-state index in [0.717, 1.165) is 0 Å². The van der Waals surface area contributed by atoms with Gasteiger partial charge in [-0.05, 0) is 26.0 Å². The van der Waals surface area contributed by atoms with E-state index in [9.17, 15) is 4.79 Å². The normalized spacial score (nSPS) is 20.9. The van der Waals surface area contributed by atoms with E-state index in [-0.39, 0.29) is 24.7 Å². The van der Waals surface area contributed by atoms with Crippen molar-refractivity contribution in [3.05, 3.63) is 41.5 Å². The van der Waals surface area contributed by atoms with Crippen molar-refractivity contribution in [3.8, 4) is 5.75 Å². The maximum Gasteiger partial charge on any atom is 0.257 e. The maximum absolute atomic E-state index is 12.9. The number of para-hydroxylation sites is 1. The van der Waals surface area contributed by atoms with E-state index < -0.39 is 0 Å². The smallest absolute Gasteiger partial charge is 0.257 e. The van der Waals surface area contributed by atoms with Gasteiger partial charge in [0.15, 0.2) is 6.61 Å². The van der Waals surface area contributed by atoms with Crippen LogP contribution in [0, 0.1) is 6.92 Å². The number of carbonyl (C=O) groups is 1. The van der Waals surface area contributed by atoms with Gasteiger partial charge in [0.1, 0.15) is 5.75 Å². The van der Waals surface area contributed by atoms with Gasteiger partial charge in [0.2, 0.25) is 11.7 Å². The average Bonchev–Trinajstić information content (AvgIpc) is 2.97. The van der Waals surface area contributed by atoms with Crippen LogP contribution in [0.15, 0.2) is 28.8 Å². The van der Waals surface area contributed by atoms with Crippen LogP contribution in [0.3, 0.4) is 0 Å². The molecule has 24 heavy (non-hydrogen) atoms. The Bertz CT molecular complexity index is 705. The van der Waals surface area contributed by atoms with Crippen molar-refractivity contribution in [2.45, 2.75) is 39.6 Å².